The van der Waals surface area contributed by atoms with Gasteiger partial charge in [-0.05, 0) is 60.7 Å². The monoisotopic (exact) mass is 372 g/mol. The second-order valence-corrected chi connectivity index (χ2v) is 7.31. The van der Waals surface area contributed by atoms with Gasteiger partial charge in [0.15, 0.2) is 0 Å². The highest BCUT2D eigenvalue weighted by Crippen LogP contribution is 2.26. The first-order valence-corrected chi connectivity index (χ1v) is 9.40. The van der Waals surface area contributed by atoms with Crippen molar-refractivity contribution >= 4 is 28.9 Å². The minimum absolute atomic E-state index is 0.000477. The average molecular weight is 373 g/mol. The number of nitrogens with zero attached hydrogens (tertiary/aromatic N) is 1. The lowest BCUT2D eigenvalue weighted by molar-refractivity contribution is -0.116. The molecule has 1 atom stereocenters. The molecule has 0 saturated carbocycles. The molecule has 1 N–H and O–H groups in total. The van der Waals surface area contributed by atoms with Crippen molar-refractivity contribution in [3.63, 3.8) is 0 Å². The average Bonchev–Trinajstić information content (AvgIpc) is 3.07. The van der Waals surface area contributed by atoms with Crippen molar-refractivity contribution in [1.82, 2.24) is 0 Å². The van der Waals surface area contributed by atoms with Crippen LogP contribution < -0.4 is 15.0 Å². The van der Waals surface area contributed by atoms with Crippen LogP contribution in [0.2, 0.25) is 5.02 Å². The summed E-state index contributed by atoms with van der Waals surface area (Å²) < 4.78 is 5.14. The van der Waals surface area contributed by atoms with Crippen molar-refractivity contribution in [3.05, 3.63) is 53.1 Å². The molecule has 1 amide bonds. The Kier molecular flexibility index (Phi) is 6.04. The first-order chi connectivity index (χ1) is 12.5. The van der Waals surface area contributed by atoms with E-state index in [4.69, 9.17) is 16.3 Å². The van der Waals surface area contributed by atoms with Gasteiger partial charge in [0.1, 0.15) is 5.75 Å². The van der Waals surface area contributed by atoms with Gasteiger partial charge in [-0.15, -0.1) is 0 Å². The zero-order valence-corrected chi connectivity index (χ0v) is 16.1. The first-order valence-electron chi connectivity index (χ1n) is 9.02. The molecule has 138 valence electrons. The van der Waals surface area contributed by atoms with E-state index in [-0.39, 0.29) is 5.91 Å². The fraction of sp³-hybridized carbons (Fsp3) is 0.381. The molecule has 0 radical (unpaired) electrons. The molecule has 0 aliphatic carbocycles. The third kappa shape index (κ3) is 4.70. The Bertz CT molecular complexity index is 761. The lowest BCUT2D eigenvalue weighted by Crippen LogP contribution is -2.19. The number of rotatable bonds is 6. The zero-order valence-electron chi connectivity index (χ0n) is 15.3. The van der Waals surface area contributed by atoms with Crippen molar-refractivity contribution in [2.24, 2.45) is 5.92 Å². The number of nitrogens with one attached hydrogen (secondary N) is 1. The number of ether oxygens (including phenoxy) is 1. The number of hydrogen-bond acceptors (Lipinski definition) is 3. The molecule has 1 aliphatic rings. The number of methoxy groups -OCH3 is 1. The van der Waals surface area contributed by atoms with Gasteiger partial charge in [0.05, 0.1) is 12.1 Å². The van der Waals surface area contributed by atoms with Gasteiger partial charge in [0, 0.05) is 30.9 Å². The van der Waals surface area contributed by atoms with E-state index in [1.165, 1.54) is 12.1 Å². The number of benzene rings is 2. The summed E-state index contributed by atoms with van der Waals surface area (Å²) in [5.74, 6) is 1.40. The molecular formula is C21H25ClN2O2. The van der Waals surface area contributed by atoms with E-state index in [9.17, 15) is 4.79 Å². The van der Waals surface area contributed by atoms with Gasteiger partial charge >= 0.3 is 0 Å². The van der Waals surface area contributed by atoms with E-state index in [1.54, 1.807) is 7.11 Å². The van der Waals surface area contributed by atoms with Crippen LogP contribution in [0.5, 0.6) is 5.75 Å². The van der Waals surface area contributed by atoms with E-state index in [0.29, 0.717) is 23.6 Å². The predicted octanol–water partition coefficient (Wildman–Crippen LogP) is 4.77. The molecule has 26 heavy (non-hydrogen) atoms. The Morgan fingerprint density at radius 2 is 2.04 bits per heavy atom. The molecular weight excluding hydrogens is 348 g/mol. The van der Waals surface area contributed by atoms with Crippen molar-refractivity contribution in [1.29, 1.82) is 0 Å². The van der Waals surface area contributed by atoms with Crippen LogP contribution >= 0.6 is 11.6 Å². The Morgan fingerprint density at radius 1 is 1.27 bits per heavy atom. The minimum atomic E-state index is -0.000477. The van der Waals surface area contributed by atoms with Gasteiger partial charge in [0.25, 0.3) is 0 Å². The largest absolute Gasteiger partial charge is 0.495 e. The van der Waals surface area contributed by atoms with Crippen LogP contribution in [0.3, 0.4) is 0 Å². The Hall–Kier alpha value is -2.20. The normalized spacial score (nSPS) is 16.6. The third-order valence-electron chi connectivity index (χ3n) is 4.80. The van der Waals surface area contributed by atoms with E-state index in [0.717, 1.165) is 30.3 Å². The van der Waals surface area contributed by atoms with Crippen molar-refractivity contribution in [2.75, 3.05) is 30.4 Å². The van der Waals surface area contributed by atoms with Gasteiger partial charge in [0.2, 0.25) is 5.91 Å². The van der Waals surface area contributed by atoms with Crippen LogP contribution in [-0.4, -0.2) is 26.1 Å². The number of hydrogen-bond donors (Lipinski definition) is 1. The molecule has 1 aliphatic heterocycles. The van der Waals surface area contributed by atoms with Gasteiger partial charge < -0.3 is 15.0 Å². The van der Waals surface area contributed by atoms with Crippen LogP contribution in [0.15, 0.2) is 42.5 Å². The Morgan fingerprint density at radius 3 is 2.65 bits per heavy atom. The molecule has 4 nitrogen and oxygen atoms in total. The number of amides is 1. The SMILES string of the molecule is COc1ccc(CCC(=O)Nc2ccc(N3CCC(C)C3)cc2)cc1Cl. The van der Waals surface area contributed by atoms with Gasteiger partial charge in [-0.1, -0.05) is 24.6 Å². The van der Waals surface area contributed by atoms with Gasteiger partial charge in [-0.2, -0.15) is 0 Å². The molecule has 5 heteroatoms. The summed E-state index contributed by atoms with van der Waals surface area (Å²) in [6.07, 6.45) is 2.29. The minimum Gasteiger partial charge on any atom is -0.495 e. The van der Waals surface area contributed by atoms with Crippen molar-refractivity contribution in [3.8, 4) is 5.75 Å². The van der Waals surface area contributed by atoms with Crippen molar-refractivity contribution < 1.29 is 9.53 Å². The molecule has 2 aromatic rings. The second-order valence-electron chi connectivity index (χ2n) is 6.90. The predicted molar refractivity (Wildman–Crippen MR) is 107 cm³/mol. The summed E-state index contributed by atoms with van der Waals surface area (Å²) in [4.78, 5) is 14.6. The van der Waals surface area contributed by atoms with E-state index < -0.39 is 0 Å². The molecule has 0 bridgehead atoms. The van der Waals surface area contributed by atoms with E-state index >= 15 is 0 Å². The molecule has 0 aromatic heterocycles. The smallest absolute Gasteiger partial charge is 0.224 e. The maximum atomic E-state index is 12.2. The summed E-state index contributed by atoms with van der Waals surface area (Å²) in [5, 5.41) is 3.53. The lowest BCUT2D eigenvalue weighted by Gasteiger charge is -2.18. The number of halogens is 1. The molecule has 3 rings (SSSR count). The summed E-state index contributed by atoms with van der Waals surface area (Å²) >= 11 is 6.12. The summed E-state index contributed by atoms with van der Waals surface area (Å²) in [6, 6.07) is 13.7. The number of anilines is 2. The summed E-state index contributed by atoms with van der Waals surface area (Å²) in [6.45, 7) is 4.50. The molecule has 1 unspecified atom stereocenters. The number of aryl methyl sites for hydroxylation is 1. The summed E-state index contributed by atoms with van der Waals surface area (Å²) in [7, 11) is 1.59. The fourth-order valence-electron chi connectivity index (χ4n) is 3.27. The van der Waals surface area contributed by atoms with Crippen molar-refractivity contribution in [2.45, 2.75) is 26.2 Å². The first kappa shape index (κ1) is 18.6. The number of carbonyl (C=O) groups excluding carboxylic acids is 1. The highest BCUT2D eigenvalue weighted by Gasteiger charge is 2.18. The van der Waals surface area contributed by atoms with Crippen LogP contribution in [0.4, 0.5) is 11.4 Å². The maximum absolute atomic E-state index is 12.2. The Labute approximate surface area is 160 Å². The highest BCUT2D eigenvalue weighted by atomic mass is 35.5. The van der Waals surface area contributed by atoms with Crippen LogP contribution in [0.25, 0.3) is 0 Å². The molecule has 2 aromatic carbocycles. The molecule has 1 fully saturated rings. The van der Waals surface area contributed by atoms with Gasteiger partial charge in [-0.3, -0.25) is 4.79 Å². The van der Waals surface area contributed by atoms with E-state index in [2.05, 4.69) is 29.3 Å². The maximum Gasteiger partial charge on any atom is 0.224 e. The summed E-state index contributed by atoms with van der Waals surface area (Å²) in [5.41, 5.74) is 3.07. The van der Waals surface area contributed by atoms with Crippen LogP contribution in [0.1, 0.15) is 25.3 Å². The number of carbonyl (C=O) groups is 1. The lowest BCUT2D eigenvalue weighted by atomic mass is 10.1. The highest BCUT2D eigenvalue weighted by molar-refractivity contribution is 6.32. The quantitative estimate of drug-likeness (QED) is 0.794. The van der Waals surface area contributed by atoms with Gasteiger partial charge in [-0.25, -0.2) is 0 Å². The molecule has 1 saturated heterocycles. The second kappa shape index (κ2) is 8.45. The zero-order chi connectivity index (χ0) is 18.5. The fourth-order valence-corrected chi connectivity index (χ4v) is 3.55. The van der Waals surface area contributed by atoms with Crippen LogP contribution in [-0.2, 0) is 11.2 Å². The van der Waals surface area contributed by atoms with E-state index in [1.807, 2.05) is 30.3 Å². The standard InChI is InChI=1S/C21H25ClN2O2/c1-15-11-12-24(14-15)18-7-5-17(6-8-18)23-21(25)10-4-16-3-9-20(26-2)19(22)13-16/h3,5-9,13,15H,4,10-12,14H2,1-2H3,(H,23,25). The molecule has 1 heterocycles. The topological polar surface area (TPSA) is 41.6 Å². The molecule has 0 spiro atoms. The van der Waals surface area contributed by atoms with Crippen LogP contribution in [0, 0.1) is 5.92 Å². The Balaban J connectivity index is 1.51. The third-order valence-corrected chi connectivity index (χ3v) is 5.09.